The van der Waals surface area contributed by atoms with Crippen molar-refractivity contribution in [1.82, 2.24) is 4.31 Å². The quantitative estimate of drug-likeness (QED) is 0.656. The lowest BCUT2D eigenvalue weighted by Gasteiger charge is -2.33. The molecule has 3 rings (SSSR count). The number of hydrogen-bond donors (Lipinski definition) is 0. The predicted molar refractivity (Wildman–Crippen MR) is 108 cm³/mol. The van der Waals surface area contributed by atoms with E-state index in [9.17, 15) is 13.2 Å². The molecule has 0 aromatic heterocycles. The Morgan fingerprint density at radius 1 is 1.07 bits per heavy atom. The molecule has 6 heteroatoms. The maximum absolute atomic E-state index is 13.1. The van der Waals surface area contributed by atoms with Crippen molar-refractivity contribution in [1.29, 1.82) is 0 Å². The number of ether oxygens (including phenoxy) is 1. The van der Waals surface area contributed by atoms with Gasteiger partial charge in [-0.2, -0.15) is 4.31 Å². The van der Waals surface area contributed by atoms with E-state index in [1.807, 2.05) is 37.3 Å². The van der Waals surface area contributed by atoms with E-state index in [0.29, 0.717) is 0 Å². The molecule has 0 amide bonds. The van der Waals surface area contributed by atoms with Gasteiger partial charge in [0.25, 0.3) is 0 Å². The van der Waals surface area contributed by atoms with Crippen molar-refractivity contribution < 1.29 is 17.9 Å². The van der Waals surface area contributed by atoms with Gasteiger partial charge in [-0.1, -0.05) is 54.4 Å². The largest absolute Gasteiger partial charge is 0.456 e. The molecular formula is C22H27NO4S. The van der Waals surface area contributed by atoms with E-state index in [-0.39, 0.29) is 16.8 Å². The summed E-state index contributed by atoms with van der Waals surface area (Å²) in [4.78, 5) is 12.7. The number of sulfonamides is 1. The zero-order valence-corrected chi connectivity index (χ0v) is 17.4. The van der Waals surface area contributed by atoms with Gasteiger partial charge in [0.1, 0.15) is 6.10 Å². The third kappa shape index (κ3) is 4.28. The fraction of sp³-hybridized carbons (Fsp3) is 0.409. The summed E-state index contributed by atoms with van der Waals surface area (Å²) in [6, 6.07) is 15.5. The molecule has 28 heavy (non-hydrogen) atoms. The Balaban J connectivity index is 1.87. The van der Waals surface area contributed by atoms with E-state index in [2.05, 4.69) is 0 Å². The van der Waals surface area contributed by atoms with Crippen LogP contribution in [0, 0.1) is 12.8 Å². The van der Waals surface area contributed by atoms with Crippen molar-refractivity contribution in [3.8, 4) is 0 Å². The van der Waals surface area contributed by atoms with Gasteiger partial charge in [0.05, 0.1) is 16.9 Å². The van der Waals surface area contributed by atoms with Crippen molar-refractivity contribution in [3.05, 3.63) is 65.7 Å². The zero-order chi connectivity index (χ0) is 20.3. The molecule has 0 heterocycles. The molecule has 0 unspecified atom stereocenters. The number of nitrogens with zero attached hydrogens (tertiary/aromatic N) is 1. The van der Waals surface area contributed by atoms with E-state index >= 15 is 0 Å². The molecule has 0 saturated heterocycles. The Kier molecular flexibility index (Phi) is 6.20. The number of carbonyl (C=O) groups excluding carboxylic acids is 1. The van der Waals surface area contributed by atoms with Crippen molar-refractivity contribution in [2.45, 2.75) is 50.2 Å². The maximum atomic E-state index is 13.1. The second-order valence-corrected chi connectivity index (χ2v) is 9.47. The van der Waals surface area contributed by atoms with Gasteiger partial charge in [-0.05, 0) is 44.4 Å². The van der Waals surface area contributed by atoms with Crippen LogP contribution in [0.5, 0.6) is 0 Å². The van der Waals surface area contributed by atoms with Gasteiger partial charge in [-0.3, -0.25) is 4.79 Å². The van der Waals surface area contributed by atoms with Crippen molar-refractivity contribution in [2.75, 3.05) is 7.05 Å². The fourth-order valence-electron chi connectivity index (χ4n) is 3.24. The number of benzene rings is 2. The molecule has 150 valence electrons. The van der Waals surface area contributed by atoms with Crippen LogP contribution < -0.4 is 0 Å². The molecule has 5 nitrogen and oxygen atoms in total. The Labute approximate surface area is 167 Å². The number of likely N-dealkylation sites (N-methyl/N-ethyl adjacent to an activating group) is 1. The van der Waals surface area contributed by atoms with Gasteiger partial charge in [0.15, 0.2) is 0 Å². The highest BCUT2D eigenvalue weighted by molar-refractivity contribution is 7.89. The van der Waals surface area contributed by atoms with E-state index in [0.717, 1.165) is 30.4 Å². The third-order valence-corrected chi connectivity index (χ3v) is 7.48. The average Bonchev–Trinajstić information content (AvgIpc) is 2.64. The molecule has 1 saturated carbocycles. The lowest BCUT2D eigenvalue weighted by molar-refractivity contribution is -0.159. The summed E-state index contributed by atoms with van der Waals surface area (Å²) in [6.45, 7) is 3.69. The van der Waals surface area contributed by atoms with Gasteiger partial charge in [0.2, 0.25) is 10.0 Å². The highest BCUT2D eigenvalue weighted by atomic mass is 32.2. The summed E-state index contributed by atoms with van der Waals surface area (Å²) < 4.78 is 33.3. The van der Waals surface area contributed by atoms with Crippen LogP contribution in [-0.2, 0) is 19.6 Å². The SMILES string of the molecule is Cc1ccc(S(=O)(=O)N(C)[C@H](C)[C@H](OC(=O)C2CCC2)c2ccccc2)cc1. The summed E-state index contributed by atoms with van der Waals surface area (Å²) in [5, 5.41) is 0. The number of esters is 1. The molecular weight excluding hydrogens is 374 g/mol. The van der Waals surface area contributed by atoms with Crippen LogP contribution >= 0.6 is 0 Å². The Hall–Kier alpha value is -2.18. The van der Waals surface area contributed by atoms with Crippen molar-refractivity contribution in [3.63, 3.8) is 0 Å². The third-order valence-electron chi connectivity index (χ3n) is 5.52. The molecule has 2 aromatic rings. The summed E-state index contributed by atoms with van der Waals surface area (Å²) in [5.41, 5.74) is 1.78. The highest BCUT2D eigenvalue weighted by Gasteiger charge is 2.36. The smallest absolute Gasteiger partial charge is 0.309 e. The second-order valence-electron chi connectivity index (χ2n) is 7.47. The molecule has 1 fully saturated rings. The molecule has 0 spiro atoms. The predicted octanol–water partition coefficient (Wildman–Crippen LogP) is 4.09. The summed E-state index contributed by atoms with van der Waals surface area (Å²) in [5.74, 6) is -0.314. The molecule has 2 aromatic carbocycles. The minimum atomic E-state index is -3.71. The number of hydrogen-bond acceptors (Lipinski definition) is 4. The van der Waals surface area contributed by atoms with Crippen LogP contribution in [0.25, 0.3) is 0 Å². The molecule has 0 radical (unpaired) electrons. The first-order valence-electron chi connectivity index (χ1n) is 9.61. The molecule has 0 aliphatic heterocycles. The lowest BCUT2D eigenvalue weighted by atomic mass is 9.85. The Morgan fingerprint density at radius 2 is 1.68 bits per heavy atom. The minimum Gasteiger partial charge on any atom is -0.456 e. The molecule has 2 atom stereocenters. The molecule has 0 N–H and O–H groups in total. The van der Waals surface area contributed by atoms with Gasteiger partial charge >= 0.3 is 5.97 Å². The van der Waals surface area contributed by atoms with Crippen molar-refractivity contribution in [2.24, 2.45) is 5.92 Å². The standard InChI is InChI=1S/C22H27NO4S/c1-16-12-14-20(15-13-16)28(25,26)23(3)17(2)21(18-8-5-4-6-9-18)27-22(24)19-10-7-11-19/h4-6,8-9,12-15,17,19,21H,7,10-11H2,1-3H3/t17-,21+/m1/s1. The van der Waals surface area contributed by atoms with Crippen LogP contribution in [0.4, 0.5) is 0 Å². The molecule has 1 aliphatic rings. The zero-order valence-electron chi connectivity index (χ0n) is 16.5. The molecule has 1 aliphatic carbocycles. The number of aryl methyl sites for hydroxylation is 1. The van der Waals surface area contributed by atoms with Crippen molar-refractivity contribution >= 4 is 16.0 Å². The summed E-state index contributed by atoms with van der Waals surface area (Å²) in [7, 11) is -2.18. The summed E-state index contributed by atoms with van der Waals surface area (Å²) >= 11 is 0. The number of rotatable bonds is 7. The highest BCUT2D eigenvalue weighted by Crippen LogP contribution is 2.33. The van der Waals surface area contributed by atoms with Crippen LogP contribution in [-0.4, -0.2) is 31.8 Å². The van der Waals surface area contributed by atoms with Crippen LogP contribution in [0.3, 0.4) is 0 Å². The monoisotopic (exact) mass is 401 g/mol. The van der Waals surface area contributed by atoms with E-state index < -0.39 is 22.2 Å². The van der Waals surface area contributed by atoms with Gasteiger partial charge in [-0.25, -0.2) is 8.42 Å². The molecule has 0 bridgehead atoms. The Bertz CT molecular complexity index is 905. The maximum Gasteiger partial charge on any atom is 0.309 e. The first-order valence-corrected chi connectivity index (χ1v) is 11.0. The lowest BCUT2D eigenvalue weighted by Crippen LogP contribution is -2.41. The normalized spacial score (nSPS) is 17.0. The van der Waals surface area contributed by atoms with Gasteiger partial charge in [-0.15, -0.1) is 0 Å². The second kappa shape index (κ2) is 8.45. The van der Waals surface area contributed by atoms with Crippen LogP contribution in [0.2, 0.25) is 0 Å². The summed E-state index contributed by atoms with van der Waals surface area (Å²) in [6.07, 6.45) is 2.05. The average molecular weight is 402 g/mol. The van der Waals surface area contributed by atoms with E-state index in [1.54, 1.807) is 31.2 Å². The minimum absolute atomic E-state index is 0.0718. The van der Waals surface area contributed by atoms with Crippen LogP contribution in [0.1, 0.15) is 43.4 Å². The fourth-order valence-corrected chi connectivity index (χ4v) is 4.60. The van der Waals surface area contributed by atoms with Gasteiger partial charge < -0.3 is 4.74 Å². The first kappa shape index (κ1) is 20.6. The topological polar surface area (TPSA) is 63.7 Å². The first-order chi connectivity index (χ1) is 13.3. The Morgan fingerprint density at radius 3 is 2.21 bits per heavy atom. The van der Waals surface area contributed by atoms with Gasteiger partial charge in [0, 0.05) is 7.05 Å². The van der Waals surface area contributed by atoms with E-state index in [1.165, 1.54) is 11.4 Å². The van der Waals surface area contributed by atoms with Crippen LogP contribution in [0.15, 0.2) is 59.5 Å². The number of carbonyl (C=O) groups is 1. The van der Waals surface area contributed by atoms with E-state index in [4.69, 9.17) is 4.74 Å².